The zero-order valence-electron chi connectivity index (χ0n) is 18.4. The van der Waals surface area contributed by atoms with E-state index < -0.39 is 33.7 Å². The molecule has 6 nitrogen and oxygen atoms in total. The van der Waals surface area contributed by atoms with Crippen molar-refractivity contribution in [3.63, 3.8) is 0 Å². The quantitative estimate of drug-likeness (QED) is 0.530. The van der Waals surface area contributed by atoms with Crippen molar-refractivity contribution in [2.24, 2.45) is 0 Å². The number of nitrogens with zero attached hydrogens (tertiary/aromatic N) is 1. The molecule has 1 aliphatic heterocycles. The van der Waals surface area contributed by atoms with Crippen LogP contribution in [0.5, 0.6) is 5.75 Å². The molecular weight excluding hydrogens is 464 g/mol. The first-order valence-corrected chi connectivity index (χ1v) is 12.2. The van der Waals surface area contributed by atoms with E-state index in [1.54, 1.807) is 49.4 Å². The normalized spacial score (nSPS) is 17.6. The van der Waals surface area contributed by atoms with Crippen molar-refractivity contribution in [1.82, 2.24) is 4.31 Å². The van der Waals surface area contributed by atoms with Gasteiger partial charge in [0.15, 0.2) is 11.6 Å². The van der Waals surface area contributed by atoms with Crippen LogP contribution in [0.1, 0.15) is 23.1 Å². The Labute approximate surface area is 196 Å². The molecule has 1 atom stereocenters. The Balaban J connectivity index is 1.43. The van der Waals surface area contributed by atoms with Crippen LogP contribution in [0, 0.1) is 18.6 Å². The summed E-state index contributed by atoms with van der Waals surface area (Å²) in [5.41, 5.74) is 3.40. The fourth-order valence-electron chi connectivity index (χ4n) is 4.02. The number of hydrogen-bond acceptors (Lipinski definition) is 4. The van der Waals surface area contributed by atoms with Crippen LogP contribution < -0.4 is 4.74 Å². The molecule has 9 heteroatoms. The minimum atomic E-state index is -3.61. The fourth-order valence-corrected chi connectivity index (χ4v) is 5.71. The number of carboxylic acid groups (broad SMARTS) is 1. The Bertz CT molecular complexity index is 1330. The second-order valence-electron chi connectivity index (χ2n) is 8.22. The van der Waals surface area contributed by atoms with Gasteiger partial charge in [-0.05, 0) is 65.4 Å². The van der Waals surface area contributed by atoms with Crippen LogP contribution in [0.15, 0.2) is 60.7 Å². The van der Waals surface area contributed by atoms with Gasteiger partial charge in [-0.2, -0.15) is 4.31 Å². The van der Waals surface area contributed by atoms with Gasteiger partial charge < -0.3 is 9.84 Å². The summed E-state index contributed by atoms with van der Waals surface area (Å²) in [6, 6.07) is 15.4. The van der Waals surface area contributed by atoms with Crippen molar-refractivity contribution in [3.8, 4) is 16.9 Å². The van der Waals surface area contributed by atoms with Crippen molar-refractivity contribution < 1.29 is 31.8 Å². The highest BCUT2D eigenvalue weighted by atomic mass is 32.2. The molecule has 1 N–H and O–H groups in total. The van der Waals surface area contributed by atoms with E-state index in [0.717, 1.165) is 21.5 Å². The minimum absolute atomic E-state index is 0.0184. The lowest BCUT2D eigenvalue weighted by Crippen LogP contribution is -2.37. The number of carboxylic acids is 1. The summed E-state index contributed by atoms with van der Waals surface area (Å²) in [4.78, 5) is 11.4. The van der Waals surface area contributed by atoms with Gasteiger partial charge in [-0.25, -0.2) is 17.2 Å². The molecule has 1 aliphatic rings. The van der Waals surface area contributed by atoms with Crippen molar-refractivity contribution in [2.45, 2.75) is 32.5 Å². The standard InChI is InChI=1S/C25H23F2NO5S/c1-16-11-22(26)23(27)13-21(16)19-5-7-20(8-6-19)33-15-18-4-2-3-17(12-18)14-28-24(25(29)30)9-10-34(28,31)32/h2-8,11-13,24H,9-10,14-15H2,1H3,(H,29,30)/t24-/m0/s1. The maximum atomic E-state index is 13.6. The molecule has 4 rings (SSSR count). The zero-order chi connectivity index (χ0) is 24.5. The number of carbonyl (C=O) groups is 1. The molecule has 0 amide bonds. The molecule has 0 unspecified atom stereocenters. The molecule has 1 fully saturated rings. The third-order valence-electron chi connectivity index (χ3n) is 5.81. The summed E-state index contributed by atoms with van der Waals surface area (Å²) in [6.45, 7) is 1.91. The molecule has 0 aliphatic carbocycles. The number of hydrogen-bond donors (Lipinski definition) is 1. The molecule has 1 saturated heterocycles. The molecule has 0 spiro atoms. The molecule has 0 aromatic heterocycles. The van der Waals surface area contributed by atoms with E-state index in [-0.39, 0.29) is 25.3 Å². The molecular formula is C25H23F2NO5S. The molecule has 178 valence electrons. The molecule has 3 aromatic carbocycles. The predicted octanol–water partition coefficient (Wildman–Crippen LogP) is 4.51. The maximum Gasteiger partial charge on any atom is 0.322 e. The number of halogens is 2. The lowest BCUT2D eigenvalue weighted by Gasteiger charge is -2.20. The molecule has 1 heterocycles. The maximum absolute atomic E-state index is 13.6. The SMILES string of the molecule is Cc1cc(F)c(F)cc1-c1ccc(OCc2cccc(CN3[C@H](C(=O)O)CCS3(=O)=O)c2)cc1. The van der Waals surface area contributed by atoms with Gasteiger partial charge in [0, 0.05) is 6.54 Å². The van der Waals surface area contributed by atoms with Crippen LogP contribution in [0.25, 0.3) is 11.1 Å². The van der Waals surface area contributed by atoms with Crippen LogP contribution in [0.4, 0.5) is 8.78 Å². The average molecular weight is 488 g/mol. The minimum Gasteiger partial charge on any atom is -0.489 e. The average Bonchev–Trinajstić information content (AvgIpc) is 3.10. The summed E-state index contributed by atoms with van der Waals surface area (Å²) in [5, 5.41) is 9.33. The van der Waals surface area contributed by atoms with Crippen molar-refractivity contribution in [1.29, 1.82) is 0 Å². The highest BCUT2D eigenvalue weighted by Gasteiger charge is 2.41. The Hall–Kier alpha value is -3.30. The van der Waals surface area contributed by atoms with Crippen LogP contribution >= 0.6 is 0 Å². The smallest absolute Gasteiger partial charge is 0.322 e. The van der Waals surface area contributed by atoms with E-state index in [4.69, 9.17) is 4.74 Å². The van der Waals surface area contributed by atoms with Crippen LogP contribution in [0.3, 0.4) is 0 Å². The Morgan fingerprint density at radius 3 is 2.44 bits per heavy atom. The monoisotopic (exact) mass is 487 g/mol. The molecule has 0 saturated carbocycles. The van der Waals surface area contributed by atoms with E-state index in [1.165, 1.54) is 6.07 Å². The summed E-state index contributed by atoms with van der Waals surface area (Å²) >= 11 is 0. The Morgan fingerprint density at radius 1 is 1.06 bits per heavy atom. The third-order valence-corrected chi connectivity index (χ3v) is 7.66. The van der Waals surface area contributed by atoms with E-state index in [1.807, 2.05) is 6.07 Å². The highest BCUT2D eigenvalue weighted by molar-refractivity contribution is 7.89. The number of benzene rings is 3. The Kier molecular flexibility index (Phi) is 6.67. The predicted molar refractivity (Wildman–Crippen MR) is 123 cm³/mol. The van der Waals surface area contributed by atoms with Gasteiger partial charge in [-0.3, -0.25) is 4.79 Å². The largest absolute Gasteiger partial charge is 0.489 e. The Morgan fingerprint density at radius 2 is 1.74 bits per heavy atom. The summed E-state index contributed by atoms with van der Waals surface area (Å²) in [5.74, 6) is -2.54. The van der Waals surface area contributed by atoms with E-state index in [0.29, 0.717) is 22.4 Å². The van der Waals surface area contributed by atoms with Crippen LogP contribution in [0.2, 0.25) is 0 Å². The fraction of sp³-hybridized carbons (Fsp3) is 0.240. The second-order valence-corrected chi connectivity index (χ2v) is 10.3. The van der Waals surface area contributed by atoms with Gasteiger partial charge in [-0.1, -0.05) is 36.4 Å². The number of ether oxygens (including phenoxy) is 1. The van der Waals surface area contributed by atoms with E-state index in [2.05, 4.69) is 0 Å². The van der Waals surface area contributed by atoms with Gasteiger partial charge in [0.2, 0.25) is 10.0 Å². The first-order chi connectivity index (χ1) is 16.1. The molecule has 0 radical (unpaired) electrons. The number of sulfonamides is 1. The number of rotatable bonds is 7. The highest BCUT2D eigenvalue weighted by Crippen LogP contribution is 2.28. The van der Waals surface area contributed by atoms with Gasteiger partial charge in [0.1, 0.15) is 18.4 Å². The van der Waals surface area contributed by atoms with Gasteiger partial charge >= 0.3 is 5.97 Å². The number of aryl methyl sites for hydroxylation is 1. The van der Waals surface area contributed by atoms with Gasteiger partial charge in [-0.15, -0.1) is 0 Å². The summed E-state index contributed by atoms with van der Waals surface area (Å²) in [7, 11) is -3.61. The van der Waals surface area contributed by atoms with Crippen molar-refractivity contribution in [2.75, 3.05) is 5.75 Å². The molecule has 3 aromatic rings. The van der Waals surface area contributed by atoms with E-state index in [9.17, 15) is 27.1 Å². The van der Waals surface area contributed by atoms with Crippen LogP contribution in [-0.4, -0.2) is 35.6 Å². The summed E-state index contributed by atoms with van der Waals surface area (Å²) < 4.78 is 58.4. The van der Waals surface area contributed by atoms with Crippen LogP contribution in [-0.2, 0) is 28.0 Å². The lowest BCUT2D eigenvalue weighted by molar-refractivity contribution is -0.141. The molecule has 34 heavy (non-hydrogen) atoms. The zero-order valence-corrected chi connectivity index (χ0v) is 19.2. The van der Waals surface area contributed by atoms with E-state index >= 15 is 0 Å². The first kappa shape index (κ1) is 23.8. The second kappa shape index (κ2) is 9.52. The van der Waals surface area contributed by atoms with Gasteiger partial charge in [0.05, 0.1) is 5.75 Å². The number of aliphatic carboxylic acids is 1. The third kappa shape index (κ3) is 5.10. The van der Waals surface area contributed by atoms with Crippen molar-refractivity contribution >= 4 is 16.0 Å². The summed E-state index contributed by atoms with van der Waals surface area (Å²) in [6.07, 6.45) is 0.0700. The first-order valence-electron chi connectivity index (χ1n) is 10.6. The van der Waals surface area contributed by atoms with Crippen molar-refractivity contribution in [3.05, 3.63) is 89.0 Å². The van der Waals surface area contributed by atoms with Gasteiger partial charge in [0.25, 0.3) is 0 Å². The topological polar surface area (TPSA) is 83.9 Å². The lowest BCUT2D eigenvalue weighted by atomic mass is 10.0. The molecule has 0 bridgehead atoms.